The summed E-state index contributed by atoms with van der Waals surface area (Å²) in [5, 5.41) is 6.31. The van der Waals surface area contributed by atoms with Crippen molar-refractivity contribution >= 4 is 52.6 Å². The van der Waals surface area contributed by atoms with Crippen LogP contribution in [-0.4, -0.2) is 141 Å². The number of hydrogen-bond donors (Lipinski definition) is 3. The van der Waals surface area contributed by atoms with Crippen molar-refractivity contribution in [1.29, 1.82) is 0 Å². The number of aromatic nitrogens is 4. The number of nitrogens with zero attached hydrogens (tertiary/aromatic N) is 7. The van der Waals surface area contributed by atoms with Crippen LogP contribution in [-0.2, 0) is 28.4 Å². The van der Waals surface area contributed by atoms with Gasteiger partial charge in [-0.05, 0) is 103 Å². The van der Waals surface area contributed by atoms with Gasteiger partial charge >= 0.3 is 18.0 Å². The van der Waals surface area contributed by atoms with Crippen LogP contribution >= 0.6 is 0 Å². The predicted molar refractivity (Wildman–Crippen MR) is 260 cm³/mol. The summed E-state index contributed by atoms with van der Waals surface area (Å²) in [6, 6.07) is 10.4. The van der Waals surface area contributed by atoms with Crippen LogP contribution in [0.1, 0.15) is 85.5 Å². The number of ether oxygens (including phenoxy) is 8. The van der Waals surface area contributed by atoms with Crippen molar-refractivity contribution in [2.24, 2.45) is 0 Å². The number of piperidine rings is 2. The van der Waals surface area contributed by atoms with Crippen molar-refractivity contribution in [3.8, 4) is 11.5 Å². The van der Waals surface area contributed by atoms with Crippen molar-refractivity contribution in [3.63, 3.8) is 0 Å². The van der Waals surface area contributed by atoms with Gasteiger partial charge in [-0.3, -0.25) is 10.2 Å². The van der Waals surface area contributed by atoms with Crippen molar-refractivity contribution in [3.05, 3.63) is 71.3 Å². The van der Waals surface area contributed by atoms with Crippen molar-refractivity contribution in [1.82, 2.24) is 19.9 Å². The fourth-order valence-corrected chi connectivity index (χ4v) is 9.41. The van der Waals surface area contributed by atoms with Gasteiger partial charge in [0.2, 0.25) is 0 Å². The van der Waals surface area contributed by atoms with Crippen LogP contribution in [0.2, 0.25) is 0 Å². The lowest BCUT2D eigenvalue weighted by atomic mass is 9.98. The van der Waals surface area contributed by atoms with Gasteiger partial charge < -0.3 is 58.7 Å². The molecule has 4 saturated heterocycles. The smallest absolute Gasteiger partial charge is 0.356 e. The molecule has 2 amide bonds. The summed E-state index contributed by atoms with van der Waals surface area (Å²) < 4.78 is 43.4. The minimum Gasteiger partial charge on any atom is -0.491 e. The molecule has 10 rings (SSSR count). The number of nitrogens with two attached hydrogens (primary N) is 1. The maximum atomic E-state index is 13.6. The fraction of sp³-hybridized carbons (Fsp3) is 0.531. The second-order valence-corrected chi connectivity index (χ2v) is 18.8. The fourth-order valence-electron chi connectivity index (χ4n) is 9.41. The third-order valence-electron chi connectivity index (χ3n) is 12.5. The molecule has 6 aliphatic rings. The number of carbonyl (C=O) groups excluding carboxylic acids is 3. The van der Waals surface area contributed by atoms with E-state index in [0.29, 0.717) is 73.7 Å². The lowest BCUT2D eigenvalue weighted by Crippen LogP contribution is -2.56. The number of carbonyl (C=O) groups is 3. The second kappa shape index (κ2) is 21.2. The first-order chi connectivity index (χ1) is 33.5. The highest BCUT2D eigenvalue weighted by atomic mass is 16.8. The summed E-state index contributed by atoms with van der Waals surface area (Å²) >= 11 is 0. The highest BCUT2D eigenvalue weighted by Gasteiger charge is 2.40. The van der Waals surface area contributed by atoms with Gasteiger partial charge in [-0.2, -0.15) is 0 Å². The molecule has 0 unspecified atom stereocenters. The minimum absolute atomic E-state index is 0.0376. The van der Waals surface area contributed by atoms with E-state index in [-0.39, 0.29) is 35.9 Å². The van der Waals surface area contributed by atoms with Gasteiger partial charge in [0.25, 0.3) is 0 Å². The zero-order valence-corrected chi connectivity index (χ0v) is 41.1. The SMILES string of the molecule is CC1(C)OC[C@H](COc2ccnc(N)c2)O1.COC(=O)c1cc(C)c2c(n1)N(C(=O)Nc1cc(OC[C@H]3COC(C)(C)O3)ccn1)[C@H]1CCCN2C1.COC(=O)c1cc(C)c2c(n1)N[C@H]1CCCN2C1. The average molecular weight is 969 g/mol. The van der Waals surface area contributed by atoms with Crippen molar-refractivity contribution in [2.75, 3.05) is 97.9 Å². The second-order valence-electron chi connectivity index (χ2n) is 18.8. The van der Waals surface area contributed by atoms with Crippen LogP contribution in [0, 0.1) is 13.8 Å². The molecule has 0 spiro atoms. The number of anilines is 6. The Hall–Kier alpha value is -6.55. The summed E-state index contributed by atoms with van der Waals surface area (Å²) in [6.07, 6.45) is 7.13. The van der Waals surface area contributed by atoms with Crippen LogP contribution in [0.5, 0.6) is 11.5 Å². The van der Waals surface area contributed by atoms with E-state index in [2.05, 4.69) is 40.4 Å². The normalized spacial score (nSPS) is 22.1. The molecule has 4 fully saturated rings. The number of nitrogens with one attached hydrogen (secondary N) is 2. The topological polar surface area (TPSA) is 236 Å². The molecule has 21 heteroatoms. The summed E-state index contributed by atoms with van der Waals surface area (Å²) in [4.78, 5) is 60.7. The molecule has 376 valence electrons. The molecule has 0 saturated carbocycles. The molecule has 4 bridgehead atoms. The number of amides is 2. The lowest BCUT2D eigenvalue weighted by molar-refractivity contribution is -0.141. The van der Waals surface area contributed by atoms with Gasteiger partial charge in [0.1, 0.15) is 48.6 Å². The molecule has 0 aliphatic carbocycles. The van der Waals surface area contributed by atoms with Crippen LogP contribution in [0.4, 0.5) is 39.4 Å². The third kappa shape index (κ3) is 11.9. The molecular formula is C49H64N10O11. The van der Waals surface area contributed by atoms with Crippen LogP contribution in [0.15, 0.2) is 48.8 Å². The predicted octanol–water partition coefficient (Wildman–Crippen LogP) is 5.89. The lowest BCUT2D eigenvalue weighted by Gasteiger charge is -2.46. The van der Waals surface area contributed by atoms with Gasteiger partial charge in [-0.25, -0.2) is 34.3 Å². The van der Waals surface area contributed by atoms with Crippen LogP contribution in [0.3, 0.4) is 0 Å². The van der Waals surface area contributed by atoms with Crippen LogP contribution < -0.4 is 40.5 Å². The molecule has 6 aliphatic heterocycles. The Morgan fingerprint density at radius 1 is 0.771 bits per heavy atom. The van der Waals surface area contributed by atoms with Gasteiger partial charge in [0, 0.05) is 56.7 Å². The largest absolute Gasteiger partial charge is 0.491 e. The number of rotatable bonds is 9. The maximum absolute atomic E-state index is 13.6. The number of hydrogen-bond acceptors (Lipinski definition) is 19. The molecule has 10 heterocycles. The number of esters is 2. The number of methoxy groups -OCH3 is 2. The minimum atomic E-state index is -0.620. The van der Waals surface area contributed by atoms with E-state index < -0.39 is 17.5 Å². The molecule has 4 N–H and O–H groups in total. The van der Waals surface area contributed by atoms with E-state index in [4.69, 9.17) is 43.6 Å². The molecule has 4 atom stereocenters. The Morgan fingerprint density at radius 3 is 1.94 bits per heavy atom. The molecule has 0 radical (unpaired) electrons. The monoisotopic (exact) mass is 968 g/mol. The molecule has 4 aromatic rings. The molecule has 21 nitrogen and oxygen atoms in total. The van der Waals surface area contributed by atoms with Crippen molar-refractivity contribution in [2.45, 2.75) is 103 Å². The van der Waals surface area contributed by atoms with Crippen LogP contribution in [0.25, 0.3) is 0 Å². The Morgan fingerprint density at radius 2 is 1.34 bits per heavy atom. The van der Waals surface area contributed by atoms with E-state index in [1.807, 2.05) is 41.5 Å². The number of urea groups is 1. The summed E-state index contributed by atoms with van der Waals surface area (Å²) in [5.74, 6) is 1.27. The van der Waals surface area contributed by atoms with Crippen molar-refractivity contribution < 1.29 is 52.3 Å². The van der Waals surface area contributed by atoms with E-state index in [0.717, 1.165) is 60.8 Å². The van der Waals surface area contributed by atoms with Gasteiger partial charge in [0.15, 0.2) is 34.6 Å². The van der Waals surface area contributed by atoms with E-state index in [9.17, 15) is 14.4 Å². The van der Waals surface area contributed by atoms with E-state index in [1.54, 1.807) is 53.7 Å². The number of fused-ring (bicyclic) bond motifs is 8. The summed E-state index contributed by atoms with van der Waals surface area (Å²) in [5.41, 5.74) is 10.0. The van der Waals surface area contributed by atoms with E-state index in [1.165, 1.54) is 27.1 Å². The number of pyridine rings is 4. The maximum Gasteiger partial charge on any atom is 0.356 e. The Kier molecular flexibility index (Phi) is 15.1. The Bertz CT molecular complexity index is 2550. The van der Waals surface area contributed by atoms with E-state index >= 15 is 0 Å². The number of aryl methyl sites for hydroxylation is 2. The standard InChI is InChI=1S/C25H31N5O6.C13H17N3O2.C11H16N2O3/c1-15-10-19(23(31)33-4)27-22-21(15)29-9-5-6-16(12-29)30(22)24(32)28-20-11-17(7-8-26-20)34-13-18-14-35-25(2,3)36-18;1-8-6-10(13(17)18-2)15-12-11(8)16-5-3-4-9(7-16)14-12;1-11(2)15-7-9(16-11)6-14-8-3-4-13-10(12)5-8/h7-8,10-11,16,18H,5-6,9,12-14H2,1-4H3,(H,26,28,32);6,9H,3-5,7H2,1-2H3,(H,14,15);3-5,9H,6-7H2,1-2H3,(H2,12,13)/t16-,18-;2*9-/m000/s1. The molecule has 4 aromatic heterocycles. The molecular weight excluding hydrogens is 905 g/mol. The molecule has 0 aromatic carbocycles. The summed E-state index contributed by atoms with van der Waals surface area (Å²) in [6.45, 7) is 16.9. The highest BCUT2D eigenvalue weighted by Crippen LogP contribution is 2.41. The third-order valence-corrected chi connectivity index (χ3v) is 12.5. The van der Waals surface area contributed by atoms with Gasteiger partial charge in [-0.15, -0.1) is 0 Å². The van der Waals surface area contributed by atoms with Gasteiger partial charge in [0.05, 0.1) is 44.8 Å². The zero-order chi connectivity index (χ0) is 49.7. The highest BCUT2D eigenvalue weighted by molar-refractivity contribution is 6.05. The Labute approximate surface area is 407 Å². The Balaban J connectivity index is 0.000000160. The van der Waals surface area contributed by atoms with Gasteiger partial charge in [-0.1, -0.05) is 0 Å². The summed E-state index contributed by atoms with van der Waals surface area (Å²) in [7, 11) is 2.69. The quantitative estimate of drug-likeness (QED) is 0.166. The first kappa shape index (κ1) is 49.9. The first-order valence-electron chi connectivity index (χ1n) is 23.6. The molecule has 70 heavy (non-hydrogen) atoms. The average Bonchev–Trinajstić information content (AvgIpc) is 3.88. The zero-order valence-electron chi connectivity index (χ0n) is 41.1. The number of nitrogen functional groups attached to an aromatic ring is 1. The first-order valence-corrected chi connectivity index (χ1v) is 23.6.